The number of nitrogens with zero attached hydrogens (tertiary/aromatic N) is 3. The van der Waals surface area contributed by atoms with Crippen molar-refractivity contribution in [3.63, 3.8) is 0 Å². The van der Waals surface area contributed by atoms with E-state index in [9.17, 15) is 10.1 Å². The Kier molecular flexibility index (Phi) is 5.48. The second kappa shape index (κ2) is 7.34. The van der Waals surface area contributed by atoms with Gasteiger partial charge in [0.2, 0.25) is 5.91 Å². The number of nitrogens with one attached hydrogen (secondary N) is 1. The lowest BCUT2D eigenvalue weighted by Crippen LogP contribution is -2.49. The summed E-state index contributed by atoms with van der Waals surface area (Å²) in [5.41, 5.74) is 1.45. The minimum Gasteiger partial charge on any atom is -0.364 e. The number of rotatable bonds is 4. The van der Waals surface area contributed by atoms with Crippen molar-refractivity contribution in [2.24, 2.45) is 0 Å². The van der Waals surface area contributed by atoms with Crippen molar-refractivity contribution in [3.05, 3.63) is 23.8 Å². The molecule has 21 heavy (non-hydrogen) atoms. The normalized spacial score (nSPS) is 14.6. The fraction of sp³-hybridized carbons (Fsp3) is 0.467. The summed E-state index contributed by atoms with van der Waals surface area (Å²) in [7, 11) is 1.86. The van der Waals surface area contributed by atoms with Gasteiger partial charge in [0, 0.05) is 38.1 Å². The minimum absolute atomic E-state index is 0.109. The number of anilines is 1. The highest BCUT2D eigenvalue weighted by Gasteiger charge is 2.19. The molecule has 0 unspecified atom stereocenters. The van der Waals surface area contributed by atoms with Crippen molar-refractivity contribution in [2.75, 3.05) is 50.9 Å². The number of carbonyl (C=O) groups is 1. The zero-order chi connectivity index (χ0) is 15.2. The van der Waals surface area contributed by atoms with Gasteiger partial charge in [0.1, 0.15) is 6.07 Å². The molecule has 112 valence electrons. The van der Waals surface area contributed by atoms with E-state index >= 15 is 0 Å². The molecule has 5 nitrogen and oxygen atoms in total. The topological polar surface area (TPSA) is 59.4 Å². The van der Waals surface area contributed by atoms with E-state index in [2.05, 4.69) is 11.4 Å². The fourth-order valence-electron chi connectivity index (χ4n) is 2.42. The lowest BCUT2D eigenvalue weighted by molar-refractivity contribution is -0.130. The van der Waals surface area contributed by atoms with Crippen LogP contribution in [0.15, 0.2) is 23.1 Å². The summed E-state index contributed by atoms with van der Waals surface area (Å²) in [6, 6.07) is 8.00. The molecule has 1 heterocycles. The molecule has 0 aliphatic carbocycles. The number of hydrogen-bond donors (Lipinski definition) is 1. The average molecular weight is 304 g/mol. The molecule has 1 aliphatic heterocycles. The van der Waals surface area contributed by atoms with Gasteiger partial charge in [-0.2, -0.15) is 5.26 Å². The Labute approximate surface area is 129 Å². The molecule has 1 aromatic carbocycles. The predicted octanol–water partition coefficient (Wildman–Crippen LogP) is 1.15. The maximum absolute atomic E-state index is 12.3. The van der Waals surface area contributed by atoms with Crippen molar-refractivity contribution in [1.29, 1.82) is 5.26 Å². The van der Waals surface area contributed by atoms with Gasteiger partial charge in [-0.15, -0.1) is 11.8 Å². The standard InChI is InChI=1S/C15H20N4OS/c1-18(11-15(20)19-8-6-17-7-9-19)13-4-3-5-14(21-2)12(13)10-16/h3-5,17H,6-9,11H2,1-2H3. The third-order valence-corrected chi connectivity index (χ3v) is 4.37. The predicted molar refractivity (Wildman–Crippen MR) is 85.7 cm³/mol. The third kappa shape index (κ3) is 3.69. The Morgan fingerprint density at radius 3 is 2.81 bits per heavy atom. The second-order valence-corrected chi connectivity index (χ2v) is 5.80. The van der Waals surface area contributed by atoms with E-state index in [1.807, 2.05) is 41.3 Å². The van der Waals surface area contributed by atoms with Crippen LogP contribution in [0.4, 0.5) is 5.69 Å². The van der Waals surface area contributed by atoms with Crippen LogP contribution < -0.4 is 10.2 Å². The van der Waals surface area contributed by atoms with Crippen molar-refractivity contribution in [1.82, 2.24) is 10.2 Å². The van der Waals surface area contributed by atoms with Gasteiger partial charge < -0.3 is 15.1 Å². The van der Waals surface area contributed by atoms with Crippen LogP contribution in [-0.2, 0) is 4.79 Å². The Hall–Kier alpha value is -1.71. The summed E-state index contributed by atoms with van der Waals surface area (Å²) in [4.78, 5) is 17.0. The van der Waals surface area contributed by atoms with Crippen LogP contribution >= 0.6 is 11.8 Å². The maximum Gasteiger partial charge on any atom is 0.242 e. The van der Waals surface area contributed by atoms with E-state index < -0.39 is 0 Å². The quantitative estimate of drug-likeness (QED) is 0.846. The first-order valence-corrected chi connectivity index (χ1v) is 8.16. The summed E-state index contributed by atoms with van der Waals surface area (Å²) in [6.45, 7) is 3.50. The molecule has 1 amide bonds. The molecule has 0 aromatic heterocycles. The van der Waals surface area contributed by atoms with Crippen LogP contribution in [0.5, 0.6) is 0 Å². The number of nitriles is 1. The van der Waals surface area contributed by atoms with Gasteiger partial charge in [-0.1, -0.05) is 6.07 Å². The molecule has 1 fully saturated rings. The maximum atomic E-state index is 12.3. The van der Waals surface area contributed by atoms with Crippen LogP contribution in [-0.4, -0.2) is 56.8 Å². The molecule has 1 N–H and O–H groups in total. The van der Waals surface area contributed by atoms with E-state index in [4.69, 9.17) is 0 Å². The van der Waals surface area contributed by atoms with E-state index in [-0.39, 0.29) is 5.91 Å². The second-order valence-electron chi connectivity index (χ2n) is 4.95. The number of likely N-dealkylation sites (N-methyl/N-ethyl adjacent to an activating group) is 1. The van der Waals surface area contributed by atoms with Gasteiger partial charge >= 0.3 is 0 Å². The molecule has 6 heteroatoms. The fourth-order valence-corrected chi connectivity index (χ4v) is 2.99. The molecular weight excluding hydrogens is 284 g/mol. The number of carbonyl (C=O) groups excluding carboxylic acids is 1. The highest BCUT2D eigenvalue weighted by atomic mass is 32.2. The average Bonchev–Trinajstić information content (AvgIpc) is 2.54. The first-order chi connectivity index (χ1) is 10.2. The minimum atomic E-state index is 0.109. The molecule has 0 atom stereocenters. The summed E-state index contributed by atoms with van der Waals surface area (Å²) in [6.07, 6.45) is 1.95. The highest BCUT2D eigenvalue weighted by Crippen LogP contribution is 2.28. The van der Waals surface area contributed by atoms with Crippen molar-refractivity contribution < 1.29 is 4.79 Å². The van der Waals surface area contributed by atoms with Crippen LogP contribution in [0.25, 0.3) is 0 Å². The first kappa shape index (κ1) is 15.7. The summed E-state index contributed by atoms with van der Waals surface area (Å²) in [5.74, 6) is 0.109. The van der Waals surface area contributed by atoms with Crippen LogP contribution in [0.2, 0.25) is 0 Å². The zero-order valence-corrected chi connectivity index (χ0v) is 13.2. The van der Waals surface area contributed by atoms with Gasteiger partial charge in [0.05, 0.1) is 17.8 Å². The smallest absolute Gasteiger partial charge is 0.242 e. The zero-order valence-electron chi connectivity index (χ0n) is 12.4. The number of amides is 1. The Balaban J connectivity index is 2.11. The van der Waals surface area contributed by atoms with Gasteiger partial charge in [-0.25, -0.2) is 0 Å². The summed E-state index contributed by atoms with van der Waals surface area (Å²) < 4.78 is 0. The third-order valence-electron chi connectivity index (χ3n) is 3.59. The van der Waals surface area contributed by atoms with Crippen molar-refractivity contribution in [3.8, 4) is 6.07 Å². The molecule has 1 aromatic rings. The monoisotopic (exact) mass is 304 g/mol. The molecule has 1 aliphatic rings. The number of benzene rings is 1. The van der Waals surface area contributed by atoms with Crippen molar-refractivity contribution >= 4 is 23.4 Å². The lowest BCUT2D eigenvalue weighted by Gasteiger charge is -2.30. The molecular formula is C15H20N4OS. The van der Waals surface area contributed by atoms with Gasteiger partial charge in [0.25, 0.3) is 0 Å². The molecule has 0 saturated carbocycles. The van der Waals surface area contributed by atoms with Crippen LogP contribution in [0.1, 0.15) is 5.56 Å². The van der Waals surface area contributed by atoms with Crippen LogP contribution in [0, 0.1) is 11.3 Å². The SMILES string of the molecule is CSc1cccc(N(C)CC(=O)N2CCNCC2)c1C#N. The Morgan fingerprint density at radius 1 is 1.48 bits per heavy atom. The van der Waals surface area contributed by atoms with Gasteiger partial charge in [-0.05, 0) is 18.4 Å². The number of thioether (sulfide) groups is 1. The molecule has 0 bridgehead atoms. The number of piperazine rings is 1. The van der Waals surface area contributed by atoms with E-state index in [0.717, 1.165) is 36.8 Å². The Bertz CT molecular complexity index is 549. The largest absolute Gasteiger partial charge is 0.364 e. The van der Waals surface area contributed by atoms with Gasteiger partial charge in [-0.3, -0.25) is 4.79 Å². The summed E-state index contributed by atoms with van der Waals surface area (Å²) >= 11 is 1.55. The summed E-state index contributed by atoms with van der Waals surface area (Å²) in [5, 5.41) is 12.6. The van der Waals surface area contributed by atoms with E-state index in [1.165, 1.54) is 0 Å². The highest BCUT2D eigenvalue weighted by molar-refractivity contribution is 7.98. The van der Waals surface area contributed by atoms with E-state index in [1.54, 1.807) is 11.8 Å². The molecule has 1 saturated heterocycles. The van der Waals surface area contributed by atoms with Crippen LogP contribution in [0.3, 0.4) is 0 Å². The molecule has 0 spiro atoms. The molecule has 0 radical (unpaired) electrons. The number of hydrogen-bond acceptors (Lipinski definition) is 5. The first-order valence-electron chi connectivity index (χ1n) is 6.94. The Morgan fingerprint density at radius 2 is 2.19 bits per heavy atom. The lowest BCUT2D eigenvalue weighted by atomic mass is 10.1. The molecule has 2 rings (SSSR count). The van der Waals surface area contributed by atoms with Gasteiger partial charge in [0.15, 0.2) is 0 Å². The van der Waals surface area contributed by atoms with Crippen molar-refractivity contribution in [2.45, 2.75) is 4.90 Å². The van der Waals surface area contributed by atoms with E-state index in [0.29, 0.717) is 12.1 Å².